The molecule has 5 heteroatoms. The predicted molar refractivity (Wildman–Crippen MR) is 74.1 cm³/mol. The van der Waals surface area contributed by atoms with Crippen LogP contribution in [0.3, 0.4) is 0 Å². The van der Waals surface area contributed by atoms with Gasteiger partial charge in [-0.1, -0.05) is 18.2 Å². The monoisotopic (exact) mass is 272 g/mol. The average Bonchev–Trinajstić information content (AvgIpc) is 2.91. The van der Waals surface area contributed by atoms with Crippen LogP contribution in [0.5, 0.6) is 0 Å². The molecule has 104 valence electrons. The highest BCUT2D eigenvalue weighted by molar-refractivity contribution is 5.87. The molecule has 1 aliphatic rings. The van der Waals surface area contributed by atoms with E-state index >= 15 is 0 Å². The maximum atomic E-state index is 12.3. The summed E-state index contributed by atoms with van der Waals surface area (Å²) in [6.07, 6.45) is 2.84. The number of carbonyl (C=O) groups excluding carboxylic acids is 2. The molecule has 1 fully saturated rings. The van der Waals surface area contributed by atoms with Crippen LogP contribution in [-0.2, 0) is 16.0 Å². The third kappa shape index (κ3) is 2.39. The molecule has 2 heterocycles. The first-order chi connectivity index (χ1) is 9.78. The molecule has 2 amide bonds. The first-order valence-electron chi connectivity index (χ1n) is 6.70. The van der Waals surface area contributed by atoms with E-state index in [1.54, 1.807) is 11.2 Å². The highest BCUT2D eigenvalue weighted by Gasteiger charge is 2.21. The molecule has 0 saturated carbocycles. The molecule has 0 unspecified atom stereocenters. The van der Waals surface area contributed by atoms with E-state index in [2.05, 4.69) is 0 Å². The van der Waals surface area contributed by atoms with Crippen LogP contribution >= 0.6 is 0 Å². The van der Waals surface area contributed by atoms with Gasteiger partial charge in [-0.15, -0.1) is 0 Å². The lowest BCUT2D eigenvalue weighted by Gasteiger charge is -2.32. The number of benzene rings is 1. The molecule has 0 radical (unpaired) electrons. The van der Waals surface area contributed by atoms with Crippen molar-refractivity contribution in [2.45, 2.75) is 6.42 Å². The minimum absolute atomic E-state index is 0.0853. The summed E-state index contributed by atoms with van der Waals surface area (Å²) in [5.74, 6) is 0.0853. The third-order valence-electron chi connectivity index (χ3n) is 3.72. The van der Waals surface area contributed by atoms with E-state index in [0.29, 0.717) is 32.6 Å². The van der Waals surface area contributed by atoms with Gasteiger partial charge in [0.1, 0.15) is 5.58 Å². The Hall–Kier alpha value is -2.30. The molecule has 5 nitrogen and oxygen atoms in total. The maximum Gasteiger partial charge on any atom is 0.227 e. The molecule has 1 saturated heterocycles. The molecule has 3 rings (SSSR count). The van der Waals surface area contributed by atoms with Crippen molar-refractivity contribution < 1.29 is 14.0 Å². The van der Waals surface area contributed by atoms with Crippen molar-refractivity contribution in [3.63, 3.8) is 0 Å². The van der Waals surface area contributed by atoms with Gasteiger partial charge in [-0.25, -0.2) is 0 Å². The van der Waals surface area contributed by atoms with Crippen LogP contribution in [0.25, 0.3) is 11.0 Å². The molecule has 0 bridgehead atoms. The Morgan fingerprint density at radius 3 is 2.70 bits per heavy atom. The Balaban J connectivity index is 1.69. The van der Waals surface area contributed by atoms with E-state index in [9.17, 15) is 9.59 Å². The average molecular weight is 272 g/mol. The summed E-state index contributed by atoms with van der Waals surface area (Å²) in [7, 11) is 0. The molecule has 2 aromatic rings. The van der Waals surface area contributed by atoms with Crippen LogP contribution in [0.15, 0.2) is 34.9 Å². The number of para-hydroxylation sites is 1. The minimum atomic E-state index is 0.0853. The molecular weight excluding hydrogens is 256 g/mol. The maximum absolute atomic E-state index is 12.3. The third-order valence-corrected chi connectivity index (χ3v) is 3.72. The van der Waals surface area contributed by atoms with Crippen molar-refractivity contribution >= 4 is 23.3 Å². The molecule has 20 heavy (non-hydrogen) atoms. The van der Waals surface area contributed by atoms with Crippen LogP contribution in [0, 0.1) is 0 Å². The number of carbonyl (C=O) groups is 2. The highest BCUT2D eigenvalue weighted by atomic mass is 16.3. The van der Waals surface area contributed by atoms with Crippen LogP contribution in [0.4, 0.5) is 0 Å². The van der Waals surface area contributed by atoms with Crippen molar-refractivity contribution in [2.24, 2.45) is 0 Å². The summed E-state index contributed by atoms with van der Waals surface area (Å²) in [5, 5.41) is 0.993. The van der Waals surface area contributed by atoms with Crippen molar-refractivity contribution in [1.29, 1.82) is 0 Å². The van der Waals surface area contributed by atoms with Crippen molar-refractivity contribution in [3.05, 3.63) is 36.1 Å². The molecule has 0 N–H and O–H groups in total. The Labute approximate surface area is 116 Å². The summed E-state index contributed by atoms with van der Waals surface area (Å²) in [5.41, 5.74) is 1.73. The second-order valence-corrected chi connectivity index (χ2v) is 4.96. The SMILES string of the molecule is O=CN1CCN(C(=O)Cc2coc3ccccc23)CC1. The number of hydrogen-bond donors (Lipinski definition) is 0. The van der Waals surface area contributed by atoms with E-state index in [-0.39, 0.29) is 5.91 Å². The van der Waals surface area contributed by atoms with Gasteiger partial charge >= 0.3 is 0 Å². The van der Waals surface area contributed by atoms with Gasteiger partial charge in [0.25, 0.3) is 0 Å². The molecule has 0 atom stereocenters. The number of piperazine rings is 1. The number of hydrogen-bond acceptors (Lipinski definition) is 3. The quantitative estimate of drug-likeness (QED) is 0.791. The summed E-state index contributed by atoms with van der Waals surface area (Å²) < 4.78 is 5.45. The van der Waals surface area contributed by atoms with Gasteiger partial charge in [0, 0.05) is 37.1 Å². The van der Waals surface area contributed by atoms with Crippen LogP contribution in [-0.4, -0.2) is 48.3 Å². The number of amides is 2. The Kier molecular flexibility index (Phi) is 3.41. The lowest BCUT2D eigenvalue weighted by molar-refractivity contribution is -0.134. The van der Waals surface area contributed by atoms with E-state index in [1.807, 2.05) is 29.2 Å². The smallest absolute Gasteiger partial charge is 0.227 e. The molecule has 0 spiro atoms. The fraction of sp³-hybridized carbons (Fsp3) is 0.333. The lowest BCUT2D eigenvalue weighted by Crippen LogP contribution is -2.48. The zero-order chi connectivity index (χ0) is 13.9. The second-order valence-electron chi connectivity index (χ2n) is 4.96. The van der Waals surface area contributed by atoms with E-state index in [1.165, 1.54) is 0 Å². The number of nitrogens with zero attached hydrogens (tertiary/aromatic N) is 2. The largest absolute Gasteiger partial charge is 0.464 e. The van der Waals surface area contributed by atoms with Gasteiger partial charge in [-0.3, -0.25) is 9.59 Å². The summed E-state index contributed by atoms with van der Waals surface area (Å²) in [4.78, 5) is 26.4. The fourth-order valence-corrected chi connectivity index (χ4v) is 2.52. The van der Waals surface area contributed by atoms with Crippen molar-refractivity contribution in [3.8, 4) is 0 Å². The predicted octanol–water partition coefficient (Wildman–Crippen LogP) is 1.28. The van der Waals surface area contributed by atoms with Crippen LogP contribution in [0.1, 0.15) is 5.56 Å². The first kappa shape index (κ1) is 12.7. The van der Waals surface area contributed by atoms with Gasteiger partial charge < -0.3 is 14.2 Å². The zero-order valence-corrected chi connectivity index (χ0v) is 11.1. The minimum Gasteiger partial charge on any atom is -0.464 e. The molecular formula is C15H16N2O3. The van der Waals surface area contributed by atoms with Gasteiger partial charge in [-0.05, 0) is 6.07 Å². The van der Waals surface area contributed by atoms with Crippen molar-refractivity contribution in [2.75, 3.05) is 26.2 Å². The van der Waals surface area contributed by atoms with Gasteiger partial charge in [0.15, 0.2) is 0 Å². The second kappa shape index (κ2) is 5.36. The van der Waals surface area contributed by atoms with Crippen LogP contribution < -0.4 is 0 Å². The molecule has 1 aliphatic heterocycles. The summed E-state index contributed by atoms with van der Waals surface area (Å²) >= 11 is 0. The van der Waals surface area contributed by atoms with Crippen LogP contribution in [0.2, 0.25) is 0 Å². The number of furan rings is 1. The fourth-order valence-electron chi connectivity index (χ4n) is 2.52. The van der Waals surface area contributed by atoms with E-state index in [4.69, 9.17) is 4.42 Å². The Morgan fingerprint density at radius 1 is 1.20 bits per heavy atom. The Bertz CT molecular complexity index is 627. The first-order valence-corrected chi connectivity index (χ1v) is 6.70. The summed E-state index contributed by atoms with van der Waals surface area (Å²) in [6, 6.07) is 7.71. The van der Waals surface area contributed by atoms with Gasteiger partial charge in [-0.2, -0.15) is 0 Å². The molecule has 1 aromatic carbocycles. The van der Waals surface area contributed by atoms with Gasteiger partial charge in [0.2, 0.25) is 12.3 Å². The topological polar surface area (TPSA) is 53.8 Å². The lowest BCUT2D eigenvalue weighted by atomic mass is 10.1. The van der Waals surface area contributed by atoms with Crippen molar-refractivity contribution in [1.82, 2.24) is 9.80 Å². The summed E-state index contributed by atoms with van der Waals surface area (Å²) in [6.45, 7) is 2.43. The molecule has 1 aromatic heterocycles. The van der Waals surface area contributed by atoms with Gasteiger partial charge in [0.05, 0.1) is 12.7 Å². The standard InChI is InChI=1S/C15H16N2O3/c18-11-16-5-7-17(8-6-16)15(19)9-12-10-20-14-4-2-1-3-13(12)14/h1-4,10-11H,5-9H2. The number of fused-ring (bicyclic) bond motifs is 1. The molecule has 0 aliphatic carbocycles. The Morgan fingerprint density at radius 2 is 1.95 bits per heavy atom. The normalized spacial score (nSPS) is 15.6. The highest BCUT2D eigenvalue weighted by Crippen LogP contribution is 2.21. The zero-order valence-electron chi connectivity index (χ0n) is 11.1. The van der Waals surface area contributed by atoms with E-state index in [0.717, 1.165) is 22.9 Å². The van der Waals surface area contributed by atoms with E-state index < -0.39 is 0 Å². The number of rotatable bonds is 3.